The number of ether oxygens (including phenoxy) is 1. The molecule has 1 aliphatic rings. The van der Waals surface area contributed by atoms with Crippen molar-refractivity contribution in [1.82, 2.24) is 15.1 Å². The molecule has 0 spiro atoms. The summed E-state index contributed by atoms with van der Waals surface area (Å²) in [7, 11) is 0. The van der Waals surface area contributed by atoms with E-state index in [0.717, 1.165) is 24.0 Å². The Morgan fingerprint density at radius 1 is 1.17 bits per heavy atom. The number of likely N-dealkylation sites (tertiary alicyclic amines) is 1. The van der Waals surface area contributed by atoms with Crippen LogP contribution in [0.25, 0.3) is 10.8 Å². The van der Waals surface area contributed by atoms with Crippen LogP contribution in [0.3, 0.4) is 0 Å². The van der Waals surface area contributed by atoms with E-state index < -0.39 is 5.97 Å². The van der Waals surface area contributed by atoms with E-state index in [9.17, 15) is 9.59 Å². The van der Waals surface area contributed by atoms with E-state index in [-0.39, 0.29) is 18.6 Å². The summed E-state index contributed by atoms with van der Waals surface area (Å²) in [5.74, 6) is -0.0183. The minimum atomic E-state index is -0.807. The molecule has 0 bridgehead atoms. The number of urea groups is 1. The van der Waals surface area contributed by atoms with Crippen LogP contribution in [-0.2, 0) is 4.79 Å². The topological polar surface area (TPSA) is 82.1 Å². The zero-order chi connectivity index (χ0) is 20.6. The molecule has 3 rings (SSSR count). The highest BCUT2D eigenvalue weighted by molar-refractivity contribution is 5.83. The Kier molecular flexibility index (Phi) is 7.30. The lowest BCUT2D eigenvalue weighted by molar-refractivity contribution is -0.139. The lowest BCUT2D eigenvalue weighted by atomic mass is 10.0. The number of rotatable bonds is 8. The fourth-order valence-corrected chi connectivity index (χ4v) is 3.80. The number of amides is 2. The number of nitrogens with zero attached hydrogens (tertiary/aromatic N) is 2. The third kappa shape index (κ3) is 5.84. The van der Waals surface area contributed by atoms with Gasteiger partial charge in [-0.15, -0.1) is 0 Å². The van der Waals surface area contributed by atoms with Crippen molar-refractivity contribution in [3.05, 3.63) is 42.5 Å². The van der Waals surface area contributed by atoms with Crippen molar-refractivity contribution in [2.75, 3.05) is 39.3 Å². The van der Waals surface area contributed by atoms with Gasteiger partial charge in [0.2, 0.25) is 0 Å². The van der Waals surface area contributed by atoms with Crippen molar-refractivity contribution >= 4 is 22.8 Å². The van der Waals surface area contributed by atoms with Crippen LogP contribution in [0.4, 0.5) is 4.79 Å². The second-order valence-electron chi connectivity index (χ2n) is 7.26. The molecule has 29 heavy (non-hydrogen) atoms. The predicted molar refractivity (Wildman–Crippen MR) is 112 cm³/mol. The third-order valence-electron chi connectivity index (χ3n) is 5.38. The summed E-state index contributed by atoms with van der Waals surface area (Å²) in [5, 5.41) is 14.2. The van der Waals surface area contributed by atoms with Crippen molar-refractivity contribution in [1.29, 1.82) is 0 Å². The number of carbonyl (C=O) groups excluding carboxylic acids is 1. The normalized spacial score (nSPS) is 14.9. The second kappa shape index (κ2) is 10.1. The number of likely N-dealkylation sites (N-methyl/N-ethyl adjacent to an activating group) is 1. The number of carboxylic acid groups (broad SMARTS) is 1. The molecule has 0 unspecified atom stereocenters. The number of benzene rings is 2. The number of fused-ring (bicyclic) bond motifs is 1. The largest absolute Gasteiger partial charge is 0.492 e. The van der Waals surface area contributed by atoms with E-state index >= 15 is 0 Å². The Balaban J connectivity index is 1.38. The highest BCUT2D eigenvalue weighted by atomic mass is 16.5. The Labute approximate surface area is 171 Å². The average molecular weight is 399 g/mol. The van der Waals surface area contributed by atoms with Gasteiger partial charge in [-0.25, -0.2) is 4.79 Å². The molecule has 1 fully saturated rings. The molecule has 0 aliphatic carbocycles. The van der Waals surface area contributed by atoms with Gasteiger partial charge >= 0.3 is 12.0 Å². The van der Waals surface area contributed by atoms with Gasteiger partial charge in [-0.1, -0.05) is 37.3 Å². The average Bonchev–Trinajstić information content (AvgIpc) is 2.74. The van der Waals surface area contributed by atoms with Crippen molar-refractivity contribution in [3.8, 4) is 5.75 Å². The van der Waals surface area contributed by atoms with Crippen molar-refractivity contribution in [2.45, 2.75) is 25.8 Å². The lowest BCUT2D eigenvalue weighted by Gasteiger charge is -2.37. The molecular formula is C22H29N3O4. The van der Waals surface area contributed by atoms with Crippen LogP contribution in [0.15, 0.2) is 42.5 Å². The SMILES string of the molecule is CCN(CC(=O)O)C1CCN(C(=O)NCCOc2ccc3ccccc3c2)CC1. The van der Waals surface area contributed by atoms with E-state index in [1.54, 1.807) is 4.90 Å². The molecule has 2 aromatic carbocycles. The van der Waals surface area contributed by atoms with Gasteiger partial charge in [-0.3, -0.25) is 9.69 Å². The highest BCUT2D eigenvalue weighted by Crippen LogP contribution is 2.20. The van der Waals surface area contributed by atoms with Crippen molar-refractivity contribution < 1.29 is 19.4 Å². The fourth-order valence-electron chi connectivity index (χ4n) is 3.80. The van der Waals surface area contributed by atoms with Crippen LogP contribution < -0.4 is 10.1 Å². The van der Waals surface area contributed by atoms with Crippen LogP contribution in [0.5, 0.6) is 5.75 Å². The number of piperidine rings is 1. The molecular weight excluding hydrogens is 370 g/mol. The molecule has 2 N–H and O–H groups in total. The first-order valence-corrected chi connectivity index (χ1v) is 10.2. The summed E-state index contributed by atoms with van der Waals surface area (Å²) in [5.41, 5.74) is 0. The monoisotopic (exact) mass is 399 g/mol. The number of carbonyl (C=O) groups is 2. The molecule has 0 radical (unpaired) electrons. The van der Waals surface area contributed by atoms with Crippen LogP contribution in [0.1, 0.15) is 19.8 Å². The van der Waals surface area contributed by atoms with E-state index in [1.807, 2.05) is 48.2 Å². The summed E-state index contributed by atoms with van der Waals surface area (Å²) < 4.78 is 5.76. The Morgan fingerprint density at radius 3 is 2.59 bits per heavy atom. The molecule has 1 aliphatic heterocycles. The van der Waals surface area contributed by atoms with E-state index in [0.29, 0.717) is 32.8 Å². The first kappa shape index (κ1) is 20.9. The van der Waals surface area contributed by atoms with E-state index in [1.165, 1.54) is 5.39 Å². The van der Waals surface area contributed by atoms with Gasteiger partial charge in [0.25, 0.3) is 0 Å². The van der Waals surface area contributed by atoms with E-state index in [2.05, 4.69) is 11.4 Å². The minimum Gasteiger partial charge on any atom is -0.492 e. The molecule has 2 amide bonds. The summed E-state index contributed by atoms with van der Waals surface area (Å²) in [4.78, 5) is 27.1. The van der Waals surface area contributed by atoms with Crippen molar-refractivity contribution in [3.63, 3.8) is 0 Å². The van der Waals surface area contributed by atoms with Crippen LogP contribution >= 0.6 is 0 Å². The molecule has 156 valence electrons. The Bertz CT molecular complexity index is 834. The summed E-state index contributed by atoms with van der Waals surface area (Å²) >= 11 is 0. The first-order valence-electron chi connectivity index (χ1n) is 10.2. The van der Waals surface area contributed by atoms with Crippen LogP contribution in [-0.4, -0.2) is 72.3 Å². The van der Waals surface area contributed by atoms with Gasteiger partial charge in [-0.05, 0) is 42.3 Å². The molecule has 1 saturated heterocycles. The Morgan fingerprint density at radius 2 is 1.90 bits per heavy atom. The van der Waals surface area contributed by atoms with Gasteiger partial charge in [0, 0.05) is 19.1 Å². The minimum absolute atomic E-state index is 0.0550. The summed E-state index contributed by atoms with van der Waals surface area (Å²) in [6.07, 6.45) is 1.59. The number of nitrogens with one attached hydrogen (secondary N) is 1. The first-order chi connectivity index (χ1) is 14.1. The maximum Gasteiger partial charge on any atom is 0.317 e. The Hall–Kier alpha value is -2.80. The molecule has 7 heteroatoms. The maximum absolute atomic E-state index is 12.4. The van der Waals surface area contributed by atoms with E-state index in [4.69, 9.17) is 9.84 Å². The summed E-state index contributed by atoms with van der Waals surface area (Å²) in [6, 6.07) is 14.2. The number of carboxylic acids is 1. The summed E-state index contributed by atoms with van der Waals surface area (Å²) in [6.45, 7) is 4.84. The van der Waals surface area contributed by atoms with Crippen LogP contribution in [0.2, 0.25) is 0 Å². The lowest BCUT2D eigenvalue weighted by Crippen LogP contribution is -2.50. The zero-order valence-corrected chi connectivity index (χ0v) is 16.8. The fraction of sp³-hybridized carbons (Fsp3) is 0.455. The van der Waals surface area contributed by atoms with Gasteiger partial charge in [0.15, 0.2) is 0 Å². The van der Waals surface area contributed by atoms with Gasteiger partial charge in [-0.2, -0.15) is 0 Å². The molecule has 0 aromatic heterocycles. The number of hydrogen-bond acceptors (Lipinski definition) is 4. The smallest absolute Gasteiger partial charge is 0.317 e. The number of hydrogen-bond donors (Lipinski definition) is 2. The van der Waals surface area contributed by atoms with Crippen molar-refractivity contribution in [2.24, 2.45) is 0 Å². The standard InChI is InChI=1S/C22H29N3O4/c1-2-24(16-21(26)27)19-9-12-25(13-10-19)22(28)23-11-14-29-20-8-7-17-5-3-4-6-18(17)15-20/h3-8,15,19H,2,9-14,16H2,1H3,(H,23,28)(H,26,27). The maximum atomic E-state index is 12.4. The second-order valence-corrected chi connectivity index (χ2v) is 7.26. The molecule has 7 nitrogen and oxygen atoms in total. The highest BCUT2D eigenvalue weighted by Gasteiger charge is 2.27. The van der Waals surface area contributed by atoms with Gasteiger partial charge in [0.05, 0.1) is 13.1 Å². The molecule has 1 heterocycles. The predicted octanol–water partition coefficient (Wildman–Crippen LogP) is 2.80. The third-order valence-corrected chi connectivity index (χ3v) is 5.38. The van der Waals surface area contributed by atoms with Crippen LogP contribution in [0, 0.1) is 0 Å². The van der Waals surface area contributed by atoms with Gasteiger partial charge < -0.3 is 20.1 Å². The molecule has 2 aromatic rings. The zero-order valence-electron chi connectivity index (χ0n) is 16.8. The van der Waals surface area contributed by atoms with Gasteiger partial charge in [0.1, 0.15) is 12.4 Å². The molecule has 0 saturated carbocycles. The molecule has 0 atom stereocenters. The number of aliphatic carboxylic acids is 1. The quantitative estimate of drug-likeness (QED) is 0.667.